The Balaban J connectivity index is 1.77. The van der Waals surface area contributed by atoms with Crippen LogP contribution in [-0.4, -0.2) is 54.3 Å². The average Bonchev–Trinajstić information content (AvgIpc) is 2.55. The van der Waals surface area contributed by atoms with Gasteiger partial charge in [0.1, 0.15) is 6.07 Å². The number of carbonyl (C=O) groups is 2. The SMILES string of the molecule is CC(=O)N1CCN(C(=O)CCNc2ccccc2C#N)CC1. The van der Waals surface area contributed by atoms with E-state index in [0.717, 1.165) is 5.69 Å². The van der Waals surface area contributed by atoms with Crippen molar-refractivity contribution in [3.8, 4) is 6.07 Å². The Morgan fingerprint density at radius 1 is 1.18 bits per heavy atom. The van der Waals surface area contributed by atoms with Gasteiger partial charge in [0.15, 0.2) is 0 Å². The number of nitrogens with zero attached hydrogens (tertiary/aromatic N) is 3. The average molecular weight is 300 g/mol. The minimum absolute atomic E-state index is 0.0573. The Kier molecular flexibility index (Phi) is 5.37. The number of nitriles is 1. The number of piperazine rings is 1. The highest BCUT2D eigenvalue weighted by molar-refractivity contribution is 5.78. The first-order chi connectivity index (χ1) is 10.6. The molecule has 0 aliphatic carbocycles. The van der Waals surface area contributed by atoms with Crippen molar-refractivity contribution in [3.05, 3.63) is 29.8 Å². The molecule has 0 unspecified atom stereocenters. The number of nitrogens with one attached hydrogen (secondary N) is 1. The Hall–Kier alpha value is -2.55. The predicted molar refractivity (Wildman–Crippen MR) is 83.1 cm³/mol. The summed E-state index contributed by atoms with van der Waals surface area (Å²) in [5.74, 6) is 0.131. The van der Waals surface area contributed by atoms with Crippen LogP contribution in [0.4, 0.5) is 5.69 Å². The summed E-state index contributed by atoms with van der Waals surface area (Å²) >= 11 is 0. The number of hydrogen-bond donors (Lipinski definition) is 1. The summed E-state index contributed by atoms with van der Waals surface area (Å²) in [6.07, 6.45) is 0.375. The van der Waals surface area contributed by atoms with Gasteiger partial charge >= 0.3 is 0 Å². The van der Waals surface area contributed by atoms with Gasteiger partial charge in [0.2, 0.25) is 11.8 Å². The minimum atomic E-state index is 0.0573. The molecule has 2 rings (SSSR count). The van der Waals surface area contributed by atoms with Gasteiger partial charge in [-0.05, 0) is 12.1 Å². The van der Waals surface area contributed by atoms with Crippen molar-refractivity contribution in [3.63, 3.8) is 0 Å². The minimum Gasteiger partial charge on any atom is -0.383 e. The summed E-state index contributed by atoms with van der Waals surface area (Å²) in [6.45, 7) is 4.43. The highest BCUT2D eigenvalue weighted by Gasteiger charge is 2.21. The zero-order chi connectivity index (χ0) is 15.9. The van der Waals surface area contributed by atoms with E-state index in [0.29, 0.717) is 44.7 Å². The van der Waals surface area contributed by atoms with Gasteiger partial charge in [0, 0.05) is 46.1 Å². The quantitative estimate of drug-likeness (QED) is 0.902. The van der Waals surface area contributed by atoms with Crippen molar-refractivity contribution in [1.29, 1.82) is 5.26 Å². The second kappa shape index (κ2) is 7.46. The van der Waals surface area contributed by atoms with E-state index in [4.69, 9.17) is 5.26 Å². The van der Waals surface area contributed by atoms with Crippen LogP contribution in [0.2, 0.25) is 0 Å². The number of hydrogen-bond acceptors (Lipinski definition) is 4. The molecule has 1 aromatic rings. The first-order valence-electron chi connectivity index (χ1n) is 7.38. The molecule has 2 amide bonds. The van der Waals surface area contributed by atoms with Crippen LogP contribution in [0.3, 0.4) is 0 Å². The molecule has 0 saturated carbocycles. The van der Waals surface area contributed by atoms with Crippen LogP contribution in [0.15, 0.2) is 24.3 Å². The van der Waals surface area contributed by atoms with E-state index < -0.39 is 0 Å². The lowest BCUT2D eigenvalue weighted by molar-refractivity contribution is -0.138. The maximum atomic E-state index is 12.1. The summed E-state index contributed by atoms with van der Waals surface area (Å²) in [5.41, 5.74) is 1.32. The van der Waals surface area contributed by atoms with E-state index >= 15 is 0 Å². The van der Waals surface area contributed by atoms with Crippen LogP contribution in [0.25, 0.3) is 0 Å². The zero-order valence-electron chi connectivity index (χ0n) is 12.7. The summed E-state index contributed by atoms with van der Waals surface area (Å²) in [6, 6.07) is 9.35. The van der Waals surface area contributed by atoms with Gasteiger partial charge in [0.25, 0.3) is 0 Å². The fraction of sp³-hybridized carbons (Fsp3) is 0.438. The van der Waals surface area contributed by atoms with Crippen LogP contribution in [0.5, 0.6) is 0 Å². The number of benzene rings is 1. The van der Waals surface area contributed by atoms with Crippen molar-refractivity contribution in [2.24, 2.45) is 0 Å². The summed E-state index contributed by atoms with van der Waals surface area (Å²) in [5, 5.41) is 12.1. The molecule has 6 nitrogen and oxygen atoms in total. The lowest BCUT2D eigenvalue weighted by atomic mass is 10.2. The smallest absolute Gasteiger partial charge is 0.224 e. The summed E-state index contributed by atoms with van der Waals surface area (Å²) in [7, 11) is 0. The van der Waals surface area contributed by atoms with E-state index in [1.807, 2.05) is 18.2 Å². The molecule has 116 valence electrons. The van der Waals surface area contributed by atoms with Crippen molar-refractivity contribution in [2.75, 3.05) is 38.0 Å². The summed E-state index contributed by atoms with van der Waals surface area (Å²) < 4.78 is 0. The highest BCUT2D eigenvalue weighted by Crippen LogP contribution is 2.13. The van der Waals surface area contributed by atoms with E-state index in [2.05, 4.69) is 11.4 Å². The fourth-order valence-corrected chi connectivity index (χ4v) is 2.47. The topological polar surface area (TPSA) is 76.4 Å². The largest absolute Gasteiger partial charge is 0.383 e. The van der Waals surface area contributed by atoms with Crippen molar-refractivity contribution >= 4 is 17.5 Å². The molecule has 0 bridgehead atoms. The number of carbonyl (C=O) groups excluding carboxylic acids is 2. The number of para-hydroxylation sites is 1. The number of anilines is 1. The maximum Gasteiger partial charge on any atom is 0.224 e. The second-order valence-electron chi connectivity index (χ2n) is 5.22. The molecule has 22 heavy (non-hydrogen) atoms. The van der Waals surface area contributed by atoms with Crippen LogP contribution < -0.4 is 5.32 Å². The summed E-state index contributed by atoms with van der Waals surface area (Å²) in [4.78, 5) is 26.9. The van der Waals surface area contributed by atoms with E-state index in [9.17, 15) is 9.59 Å². The predicted octanol–water partition coefficient (Wildman–Crippen LogP) is 1.05. The van der Waals surface area contributed by atoms with Gasteiger partial charge < -0.3 is 15.1 Å². The van der Waals surface area contributed by atoms with Crippen LogP contribution >= 0.6 is 0 Å². The Labute approximate surface area is 130 Å². The molecule has 1 aliphatic rings. The first-order valence-corrected chi connectivity index (χ1v) is 7.38. The molecule has 0 radical (unpaired) electrons. The third kappa shape index (κ3) is 3.98. The molecule has 1 saturated heterocycles. The zero-order valence-corrected chi connectivity index (χ0v) is 12.7. The Morgan fingerprint density at radius 3 is 2.45 bits per heavy atom. The molecule has 1 heterocycles. The van der Waals surface area contributed by atoms with Crippen LogP contribution in [0, 0.1) is 11.3 Å². The van der Waals surface area contributed by atoms with Gasteiger partial charge in [-0.3, -0.25) is 9.59 Å². The molecule has 0 atom stereocenters. The van der Waals surface area contributed by atoms with Gasteiger partial charge in [0.05, 0.1) is 11.3 Å². The van der Waals surface area contributed by atoms with Crippen molar-refractivity contribution in [2.45, 2.75) is 13.3 Å². The molecular formula is C16H20N4O2. The molecule has 1 N–H and O–H groups in total. The monoisotopic (exact) mass is 300 g/mol. The maximum absolute atomic E-state index is 12.1. The van der Waals surface area contributed by atoms with Crippen LogP contribution in [0.1, 0.15) is 18.9 Å². The normalized spacial score (nSPS) is 14.4. The standard InChI is InChI=1S/C16H20N4O2/c1-13(21)19-8-10-20(11-9-19)16(22)6-7-18-15-5-3-2-4-14(15)12-17/h2-5,18H,6-11H2,1H3. The van der Waals surface area contributed by atoms with Gasteiger partial charge in [-0.1, -0.05) is 12.1 Å². The first kappa shape index (κ1) is 15.8. The van der Waals surface area contributed by atoms with Crippen molar-refractivity contribution in [1.82, 2.24) is 9.80 Å². The molecule has 1 aliphatic heterocycles. The molecule has 1 fully saturated rings. The molecule has 6 heteroatoms. The highest BCUT2D eigenvalue weighted by atomic mass is 16.2. The molecule has 0 aromatic heterocycles. The lowest BCUT2D eigenvalue weighted by Crippen LogP contribution is -2.50. The molecule has 0 spiro atoms. The molecule has 1 aromatic carbocycles. The van der Waals surface area contributed by atoms with Gasteiger partial charge in [-0.25, -0.2) is 0 Å². The van der Waals surface area contributed by atoms with Gasteiger partial charge in [-0.15, -0.1) is 0 Å². The third-order valence-electron chi connectivity index (χ3n) is 3.78. The van der Waals surface area contributed by atoms with Gasteiger partial charge in [-0.2, -0.15) is 5.26 Å². The van der Waals surface area contributed by atoms with E-state index in [1.54, 1.807) is 22.8 Å². The third-order valence-corrected chi connectivity index (χ3v) is 3.78. The Bertz CT molecular complexity index is 586. The fourth-order valence-electron chi connectivity index (χ4n) is 2.47. The molecular weight excluding hydrogens is 280 g/mol. The van der Waals surface area contributed by atoms with E-state index in [-0.39, 0.29) is 11.8 Å². The van der Waals surface area contributed by atoms with Crippen LogP contribution in [-0.2, 0) is 9.59 Å². The number of rotatable bonds is 4. The number of amides is 2. The second-order valence-corrected chi connectivity index (χ2v) is 5.22. The Morgan fingerprint density at radius 2 is 1.82 bits per heavy atom. The van der Waals surface area contributed by atoms with E-state index in [1.165, 1.54) is 0 Å². The van der Waals surface area contributed by atoms with Crippen molar-refractivity contribution < 1.29 is 9.59 Å². The lowest BCUT2D eigenvalue weighted by Gasteiger charge is -2.34.